The first-order valence-corrected chi connectivity index (χ1v) is 6.31. The Labute approximate surface area is 107 Å². The van der Waals surface area contributed by atoms with E-state index in [9.17, 15) is 9.90 Å². The average Bonchev–Trinajstić information content (AvgIpc) is 2.33. The Hall–Kier alpha value is -1.39. The molecular weight excluding hydrogens is 230 g/mol. The second kappa shape index (κ2) is 5.98. The quantitative estimate of drug-likeness (QED) is 0.835. The summed E-state index contributed by atoms with van der Waals surface area (Å²) in [4.78, 5) is 12.4. The first-order chi connectivity index (χ1) is 8.65. The maximum absolute atomic E-state index is 10.6. The summed E-state index contributed by atoms with van der Waals surface area (Å²) in [7, 11) is 0. The van der Waals surface area contributed by atoms with Gasteiger partial charge < -0.3 is 10.2 Å². The van der Waals surface area contributed by atoms with E-state index in [0.29, 0.717) is 6.54 Å². The molecule has 0 bridgehead atoms. The van der Waals surface area contributed by atoms with E-state index in [0.717, 1.165) is 19.4 Å². The topological polar surface area (TPSA) is 60.8 Å². The molecule has 1 aromatic rings. The van der Waals surface area contributed by atoms with E-state index >= 15 is 0 Å². The summed E-state index contributed by atoms with van der Waals surface area (Å²) >= 11 is 0. The van der Waals surface area contributed by atoms with Crippen LogP contribution in [0.2, 0.25) is 0 Å². The van der Waals surface area contributed by atoms with Crippen LogP contribution in [0.3, 0.4) is 0 Å². The standard InChI is InChI=1S/C14H19NO3/c16-13-9-15(10-14(17)18)7-6-12(13)8-11-4-2-1-3-5-11/h1-5,12-13,16H,6-10H2,(H,17,18)/t12-,13+/m1/s1. The van der Waals surface area contributed by atoms with Crippen LogP contribution in [0.15, 0.2) is 30.3 Å². The number of aliphatic carboxylic acids is 1. The van der Waals surface area contributed by atoms with Crippen molar-refractivity contribution in [2.45, 2.75) is 18.9 Å². The monoisotopic (exact) mass is 249 g/mol. The largest absolute Gasteiger partial charge is 0.480 e. The summed E-state index contributed by atoms with van der Waals surface area (Å²) in [5, 5.41) is 18.8. The third kappa shape index (κ3) is 3.55. The molecule has 0 saturated carbocycles. The molecule has 4 heteroatoms. The second-order valence-corrected chi connectivity index (χ2v) is 4.93. The first kappa shape index (κ1) is 13.1. The van der Waals surface area contributed by atoms with Crippen LogP contribution >= 0.6 is 0 Å². The first-order valence-electron chi connectivity index (χ1n) is 6.31. The van der Waals surface area contributed by atoms with E-state index < -0.39 is 12.1 Å². The van der Waals surface area contributed by atoms with E-state index in [1.807, 2.05) is 18.2 Å². The highest BCUT2D eigenvalue weighted by Crippen LogP contribution is 2.22. The summed E-state index contributed by atoms with van der Waals surface area (Å²) in [6.07, 6.45) is 1.28. The van der Waals surface area contributed by atoms with Crippen LogP contribution in [0.25, 0.3) is 0 Å². The number of rotatable bonds is 4. The molecule has 0 radical (unpaired) electrons. The van der Waals surface area contributed by atoms with Gasteiger partial charge in [-0.3, -0.25) is 9.69 Å². The molecule has 1 saturated heterocycles. The molecule has 0 unspecified atom stereocenters. The number of benzene rings is 1. The molecule has 0 aromatic heterocycles. The number of carboxylic acids is 1. The molecule has 0 spiro atoms. The molecule has 98 valence electrons. The number of piperidine rings is 1. The van der Waals surface area contributed by atoms with Crippen molar-refractivity contribution in [1.29, 1.82) is 0 Å². The molecule has 1 aliphatic heterocycles. The second-order valence-electron chi connectivity index (χ2n) is 4.93. The molecule has 0 aliphatic carbocycles. The van der Waals surface area contributed by atoms with Gasteiger partial charge in [-0.2, -0.15) is 0 Å². The Bertz CT molecular complexity index is 393. The van der Waals surface area contributed by atoms with Crippen LogP contribution in [-0.4, -0.2) is 46.8 Å². The Morgan fingerprint density at radius 2 is 2.06 bits per heavy atom. The molecule has 1 aromatic carbocycles. The smallest absolute Gasteiger partial charge is 0.317 e. The summed E-state index contributed by atoms with van der Waals surface area (Å²) in [5.74, 6) is -0.596. The maximum Gasteiger partial charge on any atom is 0.317 e. The van der Waals surface area contributed by atoms with Crippen LogP contribution in [0.5, 0.6) is 0 Å². The fourth-order valence-corrected chi connectivity index (χ4v) is 2.54. The van der Waals surface area contributed by atoms with Crippen molar-refractivity contribution >= 4 is 5.97 Å². The van der Waals surface area contributed by atoms with Crippen molar-refractivity contribution in [2.24, 2.45) is 5.92 Å². The number of carboxylic acid groups (broad SMARTS) is 1. The molecule has 2 rings (SSSR count). The average molecular weight is 249 g/mol. The third-order valence-electron chi connectivity index (χ3n) is 3.51. The van der Waals surface area contributed by atoms with Gasteiger partial charge in [0, 0.05) is 6.54 Å². The lowest BCUT2D eigenvalue weighted by atomic mass is 9.88. The minimum atomic E-state index is -0.830. The van der Waals surface area contributed by atoms with Crippen molar-refractivity contribution in [2.75, 3.05) is 19.6 Å². The molecule has 2 N–H and O–H groups in total. The van der Waals surface area contributed by atoms with Gasteiger partial charge in [-0.05, 0) is 30.9 Å². The van der Waals surface area contributed by atoms with Crippen molar-refractivity contribution in [3.05, 3.63) is 35.9 Å². The van der Waals surface area contributed by atoms with Crippen LogP contribution < -0.4 is 0 Å². The molecule has 2 atom stereocenters. The van der Waals surface area contributed by atoms with Crippen molar-refractivity contribution in [1.82, 2.24) is 4.90 Å². The molecule has 0 amide bonds. The number of carbonyl (C=O) groups is 1. The van der Waals surface area contributed by atoms with E-state index in [2.05, 4.69) is 12.1 Å². The van der Waals surface area contributed by atoms with Crippen LogP contribution in [-0.2, 0) is 11.2 Å². The molecule has 1 fully saturated rings. The number of hydrogen-bond donors (Lipinski definition) is 2. The highest BCUT2D eigenvalue weighted by molar-refractivity contribution is 5.69. The third-order valence-corrected chi connectivity index (χ3v) is 3.51. The lowest BCUT2D eigenvalue weighted by Crippen LogP contribution is -2.46. The zero-order valence-electron chi connectivity index (χ0n) is 10.3. The van der Waals surface area contributed by atoms with E-state index in [-0.39, 0.29) is 12.5 Å². The van der Waals surface area contributed by atoms with E-state index in [1.54, 1.807) is 4.90 Å². The highest BCUT2D eigenvalue weighted by atomic mass is 16.4. The lowest BCUT2D eigenvalue weighted by molar-refractivity contribution is -0.139. The Balaban J connectivity index is 1.88. The van der Waals surface area contributed by atoms with Gasteiger partial charge >= 0.3 is 5.97 Å². The number of nitrogens with zero attached hydrogens (tertiary/aromatic N) is 1. The van der Waals surface area contributed by atoms with Gasteiger partial charge in [0.15, 0.2) is 0 Å². The summed E-state index contributed by atoms with van der Waals surface area (Å²) < 4.78 is 0. The minimum absolute atomic E-state index is 0.0229. The number of β-amino-alcohol motifs (C(OH)–C–C–N with tert-alkyl or cyclic N) is 1. The van der Waals surface area contributed by atoms with Gasteiger partial charge in [-0.1, -0.05) is 30.3 Å². The van der Waals surface area contributed by atoms with E-state index in [4.69, 9.17) is 5.11 Å². The van der Waals surface area contributed by atoms with Crippen LogP contribution in [0, 0.1) is 5.92 Å². The Morgan fingerprint density at radius 3 is 2.67 bits per heavy atom. The van der Waals surface area contributed by atoms with Gasteiger partial charge in [0.25, 0.3) is 0 Å². The minimum Gasteiger partial charge on any atom is -0.480 e. The number of hydrogen-bond acceptors (Lipinski definition) is 3. The predicted molar refractivity (Wildman–Crippen MR) is 68.3 cm³/mol. The summed E-state index contributed by atoms with van der Waals surface area (Å²) in [6, 6.07) is 10.1. The normalized spacial score (nSPS) is 24.9. The van der Waals surface area contributed by atoms with Crippen LogP contribution in [0.1, 0.15) is 12.0 Å². The number of aliphatic hydroxyl groups excluding tert-OH is 1. The Morgan fingerprint density at radius 1 is 1.33 bits per heavy atom. The highest BCUT2D eigenvalue weighted by Gasteiger charge is 2.28. The zero-order chi connectivity index (χ0) is 13.0. The van der Waals surface area contributed by atoms with Crippen molar-refractivity contribution < 1.29 is 15.0 Å². The Kier molecular flexibility index (Phi) is 4.33. The van der Waals surface area contributed by atoms with Crippen LogP contribution in [0.4, 0.5) is 0 Å². The van der Waals surface area contributed by atoms with Gasteiger partial charge in [0.2, 0.25) is 0 Å². The molecule has 1 aliphatic rings. The lowest BCUT2D eigenvalue weighted by Gasteiger charge is -2.35. The fourth-order valence-electron chi connectivity index (χ4n) is 2.54. The molecule has 1 heterocycles. The summed E-state index contributed by atoms with van der Waals surface area (Å²) in [6.45, 7) is 1.24. The predicted octanol–water partition coefficient (Wildman–Crippen LogP) is 0.996. The van der Waals surface area contributed by atoms with Crippen molar-refractivity contribution in [3.8, 4) is 0 Å². The number of likely N-dealkylation sites (tertiary alicyclic amines) is 1. The van der Waals surface area contributed by atoms with Crippen molar-refractivity contribution in [3.63, 3.8) is 0 Å². The zero-order valence-corrected chi connectivity index (χ0v) is 10.3. The van der Waals surface area contributed by atoms with Gasteiger partial charge in [0.05, 0.1) is 12.6 Å². The fraction of sp³-hybridized carbons (Fsp3) is 0.500. The van der Waals surface area contributed by atoms with Gasteiger partial charge in [0.1, 0.15) is 0 Å². The maximum atomic E-state index is 10.6. The molecule has 4 nitrogen and oxygen atoms in total. The van der Waals surface area contributed by atoms with Gasteiger partial charge in [-0.25, -0.2) is 0 Å². The number of aliphatic hydroxyl groups is 1. The molecule has 18 heavy (non-hydrogen) atoms. The molecular formula is C14H19NO3. The SMILES string of the molecule is O=C(O)CN1CC[C@H](Cc2ccccc2)[C@@H](O)C1. The van der Waals surface area contributed by atoms with E-state index in [1.165, 1.54) is 5.56 Å². The van der Waals surface area contributed by atoms with Gasteiger partial charge in [-0.15, -0.1) is 0 Å². The summed E-state index contributed by atoms with van der Waals surface area (Å²) in [5.41, 5.74) is 1.23.